The van der Waals surface area contributed by atoms with Gasteiger partial charge in [0.25, 0.3) is 11.8 Å². The maximum Gasteiger partial charge on any atom is 0.344 e. The number of benzene rings is 3. The van der Waals surface area contributed by atoms with Crippen molar-refractivity contribution >= 4 is 69.8 Å². The van der Waals surface area contributed by atoms with E-state index >= 15 is 0 Å². The molecule has 3 rings (SSSR count). The normalized spacial score (nSPS) is 10.6. The van der Waals surface area contributed by atoms with E-state index in [9.17, 15) is 14.4 Å². The minimum atomic E-state index is -0.511. The zero-order valence-corrected chi connectivity index (χ0v) is 20.5. The van der Waals surface area contributed by atoms with Gasteiger partial charge in [0.2, 0.25) is 0 Å². The van der Waals surface area contributed by atoms with Gasteiger partial charge in [-0.1, -0.05) is 35.3 Å². The largest absolute Gasteiger partial charge is 0.423 e. The van der Waals surface area contributed by atoms with Crippen LogP contribution in [-0.4, -0.2) is 30.5 Å². The Kier molecular flexibility index (Phi) is 8.81. The third-order valence-electron chi connectivity index (χ3n) is 4.18. The van der Waals surface area contributed by atoms with E-state index in [2.05, 4.69) is 38.4 Å². The Morgan fingerprint density at radius 1 is 0.970 bits per heavy atom. The Morgan fingerprint density at radius 2 is 1.70 bits per heavy atom. The minimum Gasteiger partial charge on any atom is -0.423 e. The summed E-state index contributed by atoms with van der Waals surface area (Å²) in [5, 5.41) is 6.88. The first-order valence-electron chi connectivity index (χ1n) is 9.45. The van der Waals surface area contributed by atoms with Crippen molar-refractivity contribution in [1.29, 1.82) is 0 Å². The number of nitrogens with zero attached hydrogens (tertiary/aromatic N) is 1. The van der Waals surface area contributed by atoms with Gasteiger partial charge in [0.15, 0.2) is 0 Å². The second kappa shape index (κ2) is 11.8. The molecule has 7 nitrogen and oxygen atoms in total. The summed E-state index contributed by atoms with van der Waals surface area (Å²) in [6, 6.07) is 18.1. The van der Waals surface area contributed by atoms with Crippen LogP contribution >= 0.6 is 45.8 Å². The second-order valence-corrected chi connectivity index (χ2v) is 8.52. The van der Waals surface area contributed by atoms with Crippen molar-refractivity contribution in [2.24, 2.45) is 5.10 Å². The van der Waals surface area contributed by atoms with Gasteiger partial charge in [-0.05, 0) is 82.8 Å². The summed E-state index contributed by atoms with van der Waals surface area (Å²) < 4.78 is 6.17. The van der Waals surface area contributed by atoms with Crippen LogP contribution in [0.15, 0.2) is 71.8 Å². The first-order valence-corrected chi connectivity index (χ1v) is 11.3. The lowest BCUT2D eigenvalue weighted by molar-refractivity contribution is -0.120. The Labute approximate surface area is 213 Å². The lowest BCUT2D eigenvalue weighted by Gasteiger charge is -2.06. The maximum atomic E-state index is 12.3. The van der Waals surface area contributed by atoms with Crippen LogP contribution in [0.5, 0.6) is 5.75 Å². The average molecular weight is 596 g/mol. The van der Waals surface area contributed by atoms with Crippen molar-refractivity contribution in [2.45, 2.75) is 0 Å². The third-order valence-corrected chi connectivity index (χ3v) is 5.86. The highest BCUT2D eigenvalue weighted by Gasteiger charge is 2.12. The third kappa shape index (κ3) is 7.28. The van der Waals surface area contributed by atoms with E-state index < -0.39 is 17.8 Å². The Hall–Kier alpha value is -2.95. The Morgan fingerprint density at radius 3 is 2.39 bits per heavy atom. The highest BCUT2D eigenvalue weighted by Crippen LogP contribution is 2.22. The summed E-state index contributed by atoms with van der Waals surface area (Å²) in [5.74, 6) is -1.05. The summed E-state index contributed by atoms with van der Waals surface area (Å²) in [7, 11) is 0. The van der Waals surface area contributed by atoms with Crippen LogP contribution in [0.1, 0.15) is 26.3 Å². The molecular weight excluding hydrogens is 580 g/mol. The molecule has 0 unspecified atom stereocenters. The molecule has 3 aromatic carbocycles. The van der Waals surface area contributed by atoms with Gasteiger partial charge < -0.3 is 10.1 Å². The SMILES string of the molecule is O=C(CNC(=O)c1ccc(Cl)c(Cl)c1)N/N=C/c1ccc(OC(=O)c2ccccc2I)cc1. The maximum absolute atomic E-state index is 12.3. The fraction of sp³-hybridized carbons (Fsp3) is 0.0435. The highest BCUT2D eigenvalue weighted by atomic mass is 127. The summed E-state index contributed by atoms with van der Waals surface area (Å²) >= 11 is 13.8. The van der Waals surface area contributed by atoms with Gasteiger partial charge in [0.1, 0.15) is 5.75 Å². The molecule has 0 heterocycles. The number of carbonyl (C=O) groups excluding carboxylic acids is 3. The summed E-state index contributed by atoms with van der Waals surface area (Å²) in [6.07, 6.45) is 1.42. The first kappa shape index (κ1) is 24.7. The standard InChI is InChI=1S/C23H16Cl2IN3O4/c24-18-10-7-15(11-19(18)25)22(31)27-13-21(30)29-28-12-14-5-8-16(9-6-14)33-23(32)17-3-1-2-4-20(17)26/h1-12H,13H2,(H,27,31)(H,29,30)/b28-12+. The monoisotopic (exact) mass is 595 g/mol. The number of hydrogen-bond donors (Lipinski definition) is 2. The average Bonchev–Trinajstić information content (AvgIpc) is 2.80. The molecule has 33 heavy (non-hydrogen) atoms. The molecule has 10 heteroatoms. The van der Waals surface area contributed by atoms with E-state index in [0.29, 0.717) is 21.9 Å². The van der Waals surface area contributed by atoms with Gasteiger partial charge in [0, 0.05) is 9.13 Å². The number of rotatable bonds is 7. The number of hydrazone groups is 1. The molecular formula is C23H16Cl2IN3O4. The molecule has 0 aliphatic carbocycles. The molecule has 0 aliphatic rings. The van der Waals surface area contributed by atoms with Crippen LogP contribution in [0.3, 0.4) is 0 Å². The first-order chi connectivity index (χ1) is 15.8. The predicted molar refractivity (Wildman–Crippen MR) is 135 cm³/mol. The summed E-state index contributed by atoms with van der Waals surface area (Å²) in [5.41, 5.74) is 3.75. The molecule has 0 saturated heterocycles. The van der Waals surface area contributed by atoms with Crippen LogP contribution in [0.4, 0.5) is 0 Å². The van der Waals surface area contributed by atoms with Gasteiger partial charge in [-0.15, -0.1) is 0 Å². The van der Waals surface area contributed by atoms with E-state index in [-0.39, 0.29) is 17.1 Å². The lowest BCUT2D eigenvalue weighted by atomic mass is 10.2. The molecule has 0 radical (unpaired) electrons. The minimum absolute atomic E-state index is 0.244. The van der Waals surface area contributed by atoms with Crippen LogP contribution in [0.25, 0.3) is 0 Å². The molecule has 0 fully saturated rings. The fourth-order valence-corrected chi connectivity index (χ4v) is 3.43. The molecule has 2 N–H and O–H groups in total. The lowest BCUT2D eigenvalue weighted by Crippen LogP contribution is -2.34. The highest BCUT2D eigenvalue weighted by molar-refractivity contribution is 14.1. The van der Waals surface area contributed by atoms with Crippen molar-refractivity contribution in [1.82, 2.24) is 10.7 Å². The zero-order valence-electron chi connectivity index (χ0n) is 16.8. The number of nitrogens with one attached hydrogen (secondary N) is 2. The molecule has 2 amide bonds. The van der Waals surface area contributed by atoms with E-state index in [1.54, 1.807) is 36.4 Å². The molecule has 0 bridgehead atoms. The molecule has 3 aromatic rings. The molecule has 0 aliphatic heterocycles. The smallest absolute Gasteiger partial charge is 0.344 e. The Balaban J connectivity index is 1.46. The van der Waals surface area contributed by atoms with Crippen LogP contribution in [-0.2, 0) is 4.79 Å². The van der Waals surface area contributed by atoms with Crippen LogP contribution in [0.2, 0.25) is 10.0 Å². The van der Waals surface area contributed by atoms with E-state index in [4.69, 9.17) is 27.9 Å². The number of hydrogen-bond acceptors (Lipinski definition) is 5. The van der Waals surface area contributed by atoms with Gasteiger partial charge in [-0.3, -0.25) is 9.59 Å². The van der Waals surface area contributed by atoms with Gasteiger partial charge in [-0.25, -0.2) is 10.2 Å². The van der Waals surface area contributed by atoms with E-state index in [0.717, 1.165) is 3.57 Å². The van der Waals surface area contributed by atoms with Crippen molar-refractivity contribution in [2.75, 3.05) is 6.54 Å². The van der Waals surface area contributed by atoms with Gasteiger partial charge in [0.05, 0.1) is 28.4 Å². The van der Waals surface area contributed by atoms with Crippen LogP contribution in [0, 0.1) is 3.57 Å². The molecule has 0 atom stereocenters. The number of halogens is 3. The predicted octanol–water partition coefficient (Wildman–Crippen LogP) is 4.70. The molecule has 0 saturated carbocycles. The second-order valence-electron chi connectivity index (χ2n) is 6.54. The molecule has 168 valence electrons. The fourth-order valence-electron chi connectivity index (χ4n) is 2.53. The quantitative estimate of drug-likeness (QED) is 0.136. The van der Waals surface area contributed by atoms with E-state index in [1.165, 1.54) is 24.4 Å². The number of carbonyl (C=O) groups is 3. The number of ether oxygens (including phenoxy) is 1. The summed E-state index contributed by atoms with van der Waals surface area (Å²) in [4.78, 5) is 36.2. The van der Waals surface area contributed by atoms with Crippen molar-refractivity contribution in [3.8, 4) is 5.75 Å². The van der Waals surface area contributed by atoms with Crippen molar-refractivity contribution in [3.05, 3.63) is 97.0 Å². The zero-order chi connectivity index (χ0) is 23.8. The molecule has 0 spiro atoms. The Bertz CT molecular complexity index is 1220. The van der Waals surface area contributed by atoms with Gasteiger partial charge >= 0.3 is 5.97 Å². The molecule has 0 aromatic heterocycles. The van der Waals surface area contributed by atoms with Gasteiger partial charge in [-0.2, -0.15) is 5.10 Å². The topological polar surface area (TPSA) is 96.9 Å². The van der Waals surface area contributed by atoms with Crippen molar-refractivity contribution < 1.29 is 19.1 Å². The van der Waals surface area contributed by atoms with E-state index in [1.807, 2.05) is 12.1 Å². The summed E-state index contributed by atoms with van der Waals surface area (Å²) in [6.45, 7) is -0.274. The van der Waals surface area contributed by atoms with Crippen molar-refractivity contribution in [3.63, 3.8) is 0 Å². The van der Waals surface area contributed by atoms with Crippen LogP contribution < -0.4 is 15.5 Å². The number of esters is 1. The number of amides is 2.